The molecule has 0 amide bonds. The second-order valence-corrected chi connectivity index (χ2v) is 6.88. The first-order valence-electron chi connectivity index (χ1n) is 7.98. The van der Waals surface area contributed by atoms with Gasteiger partial charge in [-0.2, -0.15) is 0 Å². The van der Waals surface area contributed by atoms with Crippen molar-refractivity contribution in [2.45, 2.75) is 32.3 Å². The molecule has 120 valence electrons. The summed E-state index contributed by atoms with van der Waals surface area (Å²) in [6.07, 6.45) is 0. The lowest BCUT2D eigenvalue weighted by atomic mass is 9.86. The Bertz CT molecular complexity index is 510. The summed E-state index contributed by atoms with van der Waals surface area (Å²) in [6, 6.07) is 8.35. The molecule has 1 aromatic carbocycles. The van der Waals surface area contributed by atoms with Crippen molar-refractivity contribution in [1.82, 2.24) is 4.90 Å². The van der Waals surface area contributed by atoms with Crippen LogP contribution in [0.15, 0.2) is 24.3 Å². The van der Waals surface area contributed by atoms with Gasteiger partial charge in [0.05, 0.1) is 18.1 Å². The number of hydrogen-bond acceptors (Lipinski definition) is 4. The van der Waals surface area contributed by atoms with Gasteiger partial charge in [0.15, 0.2) is 0 Å². The zero-order valence-corrected chi connectivity index (χ0v) is 14.0. The summed E-state index contributed by atoms with van der Waals surface area (Å²) in [5.74, 6) is -0.168. The maximum Gasteiger partial charge on any atom is 0.310 e. The van der Waals surface area contributed by atoms with E-state index in [4.69, 9.17) is 4.74 Å². The third-order valence-electron chi connectivity index (χ3n) is 4.10. The summed E-state index contributed by atoms with van der Waals surface area (Å²) in [5.41, 5.74) is 1.62. The van der Waals surface area contributed by atoms with Crippen molar-refractivity contribution in [2.24, 2.45) is 5.92 Å². The summed E-state index contributed by atoms with van der Waals surface area (Å²) in [6.45, 7) is 7.81. The van der Waals surface area contributed by atoms with Crippen LogP contribution in [0.5, 0.6) is 0 Å². The van der Waals surface area contributed by atoms with Crippen LogP contribution in [0.25, 0.3) is 0 Å². The van der Waals surface area contributed by atoms with E-state index in [1.807, 2.05) is 6.92 Å². The number of rotatable bonds is 5. The van der Waals surface area contributed by atoms with Crippen LogP contribution in [0.1, 0.15) is 32.3 Å². The van der Waals surface area contributed by atoms with E-state index in [1.165, 1.54) is 11.0 Å². The molecule has 1 aromatic rings. The molecular formula is C17H26BNO3. The molecule has 5 heteroatoms. The number of ether oxygens (including phenoxy) is 1. The minimum atomic E-state index is -0.763. The van der Waals surface area contributed by atoms with E-state index < -0.39 is 5.60 Å². The second-order valence-electron chi connectivity index (χ2n) is 6.88. The highest BCUT2D eigenvalue weighted by molar-refractivity contribution is 6.32. The van der Waals surface area contributed by atoms with E-state index in [0.29, 0.717) is 19.7 Å². The smallest absolute Gasteiger partial charge is 0.310 e. The summed E-state index contributed by atoms with van der Waals surface area (Å²) < 4.78 is 5.25. The average molecular weight is 303 g/mol. The van der Waals surface area contributed by atoms with Crippen LogP contribution < -0.4 is 5.46 Å². The van der Waals surface area contributed by atoms with E-state index >= 15 is 0 Å². The Morgan fingerprint density at radius 1 is 1.36 bits per heavy atom. The number of carbonyl (C=O) groups excluding carboxylic acids is 1. The Labute approximate surface area is 133 Å². The van der Waals surface area contributed by atoms with Gasteiger partial charge in [0.25, 0.3) is 0 Å². The number of benzene rings is 1. The first kappa shape index (κ1) is 17.0. The maximum atomic E-state index is 12.3. The maximum absolute atomic E-state index is 12.3. The standard InChI is InChI=1S/C17H26BNO3/c1-4-22-16(20)15-10-19(11-17(2,3)21)9-14(15)12-5-7-13(18)8-6-12/h5-8,14-15,21H,4,9-11,18H2,1-3H3. The van der Waals surface area contributed by atoms with E-state index in [9.17, 15) is 9.90 Å². The monoisotopic (exact) mass is 303 g/mol. The van der Waals surface area contributed by atoms with Crippen molar-refractivity contribution in [2.75, 3.05) is 26.2 Å². The highest BCUT2D eigenvalue weighted by Crippen LogP contribution is 2.34. The quantitative estimate of drug-likeness (QED) is 0.628. The lowest BCUT2D eigenvalue weighted by Gasteiger charge is -2.25. The van der Waals surface area contributed by atoms with Crippen molar-refractivity contribution in [3.8, 4) is 0 Å². The fourth-order valence-electron chi connectivity index (χ4n) is 3.20. The van der Waals surface area contributed by atoms with Gasteiger partial charge in [0.1, 0.15) is 7.85 Å². The van der Waals surface area contributed by atoms with Crippen LogP contribution in [-0.4, -0.2) is 55.7 Å². The molecular weight excluding hydrogens is 277 g/mol. The number of β-amino-alcohol motifs (C(OH)–C–C–N with tert-alkyl or cyclic N) is 1. The van der Waals surface area contributed by atoms with Crippen LogP contribution in [0.2, 0.25) is 0 Å². The van der Waals surface area contributed by atoms with Crippen LogP contribution in [-0.2, 0) is 9.53 Å². The van der Waals surface area contributed by atoms with Gasteiger partial charge in [-0.25, -0.2) is 0 Å². The van der Waals surface area contributed by atoms with E-state index in [2.05, 4.69) is 37.0 Å². The van der Waals surface area contributed by atoms with Gasteiger partial charge in [0, 0.05) is 25.6 Å². The predicted octanol–water partition coefficient (Wildman–Crippen LogP) is 0.294. The molecule has 1 N–H and O–H groups in total. The van der Waals surface area contributed by atoms with Crippen LogP contribution in [0.3, 0.4) is 0 Å². The summed E-state index contributed by atoms with van der Waals surface area (Å²) in [4.78, 5) is 14.5. The van der Waals surface area contributed by atoms with Crippen molar-refractivity contribution in [3.05, 3.63) is 29.8 Å². The zero-order chi connectivity index (χ0) is 16.3. The first-order valence-corrected chi connectivity index (χ1v) is 7.98. The van der Waals surface area contributed by atoms with Crippen molar-refractivity contribution >= 4 is 19.3 Å². The molecule has 0 bridgehead atoms. The summed E-state index contributed by atoms with van der Waals surface area (Å²) >= 11 is 0. The Morgan fingerprint density at radius 3 is 2.55 bits per heavy atom. The van der Waals surface area contributed by atoms with Gasteiger partial charge in [-0.15, -0.1) is 0 Å². The molecule has 2 unspecified atom stereocenters. The molecule has 1 fully saturated rings. The first-order chi connectivity index (χ1) is 10.3. The van der Waals surface area contributed by atoms with E-state index in [1.54, 1.807) is 13.8 Å². The van der Waals surface area contributed by atoms with Crippen LogP contribution in [0.4, 0.5) is 0 Å². The van der Waals surface area contributed by atoms with Gasteiger partial charge in [-0.3, -0.25) is 9.69 Å². The van der Waals surface area contributed by atoms with Crippen molar-refractivity contribution in [3.63, 3.8) is 0 Å². The molecule has 1 heterocycles. The summed E-state index contributed by atoms with van der Waals surface area (Å²) in [7, 11) is 2.06. The third-order valence-corrected chi connectivity index (χ3v) is 4.10. The van der Waals surface area contributed by atoms with Crippen LogP contribution >= 0.6 is 0 Å². The lowest BCUT2D eigenvalue weighted by molar-refractivity contribution is -0.148. The number of hydrogen-bond donors (Lipinski definition) is 1. The second kappa shape index (κ2) is 6.84. The minimum Gasteiger partial charge on any atom is -0.466 e. The van der Waals surface area contributed by atoms with Crippen molar-refractivity contribution < 1.29 is 14.6 Å². The highest BCUT2D eigenvalue weighted by atomic mass is 16.5. The Morgan fingerprint density at radius 2 is 2.00 bits per heavy atom. The Hall–Kier alpha value is -1.33. The Kier molecular flexibility index (Phi) is 5.30. The fraction of sp³-hybridized carbons (Fsp3) is 0.588. The topological polar surface area (TPSA) is 49.8 Å². The molecule has 0 aromatic heterocycles. The molecule has 1 aliphatic rings. The number of carbonyl (C=O) groups is 1. The average Bonchev–Trinajstić information content (AvgIpc) is 2.81. The number of likely N-dealkylation sites (tertiary alicyclic amines) is 1. The number of nitrogens with zero attached hydrogens (tertiary/aromatic N) is 1. The van der Waals surface area contributed by atoms with Gasteiger partial charge in [-0.05, 0) is 26.3 Å². The zero-order valence-electron chi connectivity index (χ0n) is 14.0. The van der Waals surface area contributed by atoms with Crippen molar-refractivity contribution in [1.29, 1.82) is 0 Å². The molecule has 2 rings (SSSR count). The van der Waals surface area contributed by atoms with E-state index in [-0.39, 0.29) is 17.8 Å². The molecule has 4 nitrogen and oxygen atoms in total. The molecule has 2 atom stereocenters. The number of esters is 1. The molecule has 1 saturated heterocycles. The largest absolute Gasteiger partial charge is 0.466 e. The number of aliphatic hydroxyl groups is 1. The predicted molar refractivity (Wildman–Crippen MR) is 90.2 cm³/mol. The van der Waals surface area contributed by atoms with Gasteiger partial charge >= 0.3 is 5.97 Å². The lowest BCUT2D eigenvalue weighted by Crippen LogP contribution is -2.37. The van der Waals surface area contributed by atoms with Crippen LogP contribution in [0, 0.1) is 5.92 Å². The van der Waals surface area contributed by atoms with Gasteiger partial charge in [0.2, 0.25) is 0 Å². The normalized spacial score (nSPS) is 22.7. The Balaban J connectivity index is 2.19. The van der Waals surface area contributed by atoms with Gasteiger partial charge < -0.3 is 9.84 Å². The molecule has 1 aliphatic heterocycles. The highest BCUT2D eigenvalue weighted by Gasteiger charge is 2.40. The molecule has 0 aliphatic carbocycles. The summed E-state index contributed by atoms with van der Waals surface area (Å²) in [5, 5.41) is 10.0. The minimum absolute atomic E-state index is 0.127. The third kappa shape index (κ3) is 4.34. The van der Waals surface area contributed by atoms with Gasteiger partial charge in [-0.1, -0.05) is 29.7 Å². The molecule has 0 radical (unpaired) electrons. The fourth-order valence-corrected chi connectivity index (χ4v) is 3.20. The molecule has 22 heavy (non-hydrogen) atoms. The molecule has 0 spiro atoms. The van der Waals surface area contributed by atoms with E-state index in [0.717, 1.165) is 6.54 Å². The SMILES string of the molecule is Bc1ccc(C2CN(CC(C)(C)O)CC2C(=O)OCC)cc1. The molecule has 0 saturated carbocycles.